The molecule has 0 fully saturated rings. The molecule has 0 bridgehead atoms. The molecule has 2 heteroatoms. The molecule has 0 aliphatic heterocycles. The highest BCUT2D eigenvalue weighted by molar-refractivity contribution is 5.89. The molecule has 1 unspecified atom stereocenters. The molecule has 0 saturated carbocycles. The lowest BCUT2D eigenvalue weighted by Crippen LogP contribution is -2.12. The maximum Gasteiger partial charge on any atom is 0.333 e. The van der Waals surface area contributed by atoms with E-state index in [0.29, 0.717) is 5.92 Å². The molecule has 1 rings (SSSR count). The topological polar surface area (TPSA) is 26.3 Å². The second kappa shape index (κ2) is 7.52. The largest absolute Gasteiger partial charge is 0.460 e. The van der Waals surface area contributed by atoms with Gasteiger partial charge >= 0.3 is 5.97 Å². The van der Waals surface area contributed by atoms with E-state index >= 15 is 0 Å². The van der Waals surface area contributed by atoms with Crippen molar-refractivity contribution in [2.75, 3.05) is 0 Å². The molecule has 0 saturated heterocycles. The highest BCUT2D eigenvalue weighted by Crippen LogP contribution is 2.29. The van der Waals surface area contributed by atoms with Crippen molar-refractivity contribution in [3.8, 4) is 0 Å². The highest BCUT2D eigenvalue weighted by Gasteiger charge is 2.21. The molecule has 0 radical (unpaired) electrons. The van der Waals surface area contributed by atoms with Gasteiger partial charge in [0.15, 0.2) is 0 Å². The third kappa shape index (κ3) is 5.38. The molecule has 1 aliphatic carbocycles. The van der Waals surface area contributed by atoms with Crippen LogP contribution in [0.4, 0.5) is 0 Å². The Morgan fingerprint density at radius 3 is 2.82 bits per heavy atom. The van der Waals surface area contributed by atoms with Gasteiger partial charge in [0.25, 0.3) is 0 Å². The lowest BCUT2D eigenvalue weighted by Gasteiger charge is -2.07. The number of hydrogen-bond donors (Lipinski definition) is 0. The summed E-state index contributed by atoms with van der Waals surface area (Å²) in [7, 11) is 0. The van der Waals surface area contributed by atoms with Gasteiger partial charge < -0.3 is 4.74 Å². The number of rotatable bonds is 7. The third-order valence-corrected chi connectivity index (χ3v) is 3.25. The first kappa shape index (κ1) is 14.3. The Bertz CT molecular complexity index is 266. The lowest BCUT2D eigenvalue weighted by atomic mass is 10.0. The van der Waals surface area contributed by atoms with Crippen molar-refractivity contribution in [2.45, 2.75) is 71.8 Å². The van der Waals surface area contributed by atoms with E-state index < -0.39 is 0 Å². The first-order valence-corrected chi connectivity index (χ1v) is 7.05. The minimum atomic E-state index is -0.101. The van der Waals surface area contributed by atoms with Gasteiger partial charge in [0.1, 0.15) is 0 Å². The third-order valence-electron chi connectivity index (χ3n) is 3.25. The maximum absolute atomic E-state index is 11.7. The van der Waals surface area contributed by atoms with Gasteiger partial charge in [0.2, 0.25) is 0 Å². The highest BCUT2D eigenvalue weighted by atomic mass is 16.5. The summed E-state index contributed by atoms with van der Waals surface area (Å²) in [4.78, 5) is 11.7. The molecule has 98 valence electrons. The van der Waals surface area contributed by atoms with Gasteiger partial charge in [0.05, 0.1) is 6.10 Å². The van der Waals surface area contributed by atoms with E-state index in [1.165, 1.54) is 32.1 Å². The van der Waals surface area contributed by atoms with Gasteiger partial charge in [-0.25, -0.2) is 4.79 Å². The fraction of sp³-hybridized carbons (Fsp3) is 0.800. The van der Waals surface area contributed by atoms with Gasteiger partial charge in [-0.2, -0.15) is 0 Å². The molecule has 0 amide bonds. The number of carbonyl (C=O) groups is 1. The summed E-state index contributed by atoms with van der Waals surface area (Å²) in [6.45, 7) is 6.03. The van der Waals surface area contributed by atoms with Crippen LogP contribution in [0.1, 0.15) is 65.7 Å². The molecule has 1 atom stereocenters. The SMILES string of the molecule is CCCCCCC1C=C(C(=O)OC(C)C)CC1. The normalized spacial score (nSPS) is 19.5. The molecular formula is C15H26O2. The van der Waals surface area contributed by atoms with Crippen LogP contribution >= 0.6 is 0 Å². The van der Waals surface area contributed by atoms with Crippen LogP contribution < -0.4 is 0 Å². The average molecular weight is 238 g/mol. The average Bonchev–Trinajstić information content (AvgIpc) is 2.72. The minimum absolute atomic E-state index is 0.00740. The summed E-state index contributed by atoms with van der Waals surface area (Å²) < 4.78 is 5.22. The lowest BCUT2D eigenvalue weighted by molar-refractivity contribution is -0.142. The van der Waals surface area contributed by atoms with E-state index in [1.807, 2.05) is 13.8 Å². The van der Waals surface area contributed by atoms with E-state index in [2.05, 4.69) is 13.0 Å². The van der Waals surface area contributed by atoms with Gasteiger partial charge in [0, 0.05) is 5.57 Å². The monoisotopic (exact) mass is 238 g/mol. The summed E-state index contributed by atoms with van der Waals surface area (Å²) in [5.74, 6) is 0.512. The Morgan fingerprint density at radius 1 is 1.41 bits per heavy atom. The number of allylic oxidation sites excluding steroid dienone is 1. The van der Waals surface area contributed by atoms with Crippen LogP contribution in [0.5, 0.6) is 0 Å². The predicted molar refractivity (Wildman–Crippen MR) is 70.8 cm³/mol. The van der Waals surface area contributed by atoms with Gasteiger partial charge in [-0.15, -0.1) is 0 Å². The van der Waals surface area contributed by atoms with E-state index in [4.69, 9.17) is 4.74 Å². The van der Waals surface area contributed by atoms with E-state index in [9.17, 15) is 4.79 Å². The number of unbranched alkanes of at least 4 members (excludes halogenated alkanes) is 3. The Hall–Kier alpha value is -0.790. The van der Waals surface area contributed by atoms with Crippen LogP contribution in [-0.4, -0.2) is 12.1 Å². The van der Waals surface area contributed by atoms with Crippen LogP contribution in [0, 0.1) is 5.92 Å². The molecule has 0 aromatic rings. The molecule has 1 aliphatic rings. The van der Waals surface area contributed by atoms with Crippen molar-refractivity contribution in [2.24, 2.45) is 5.92 Å². The zero-order valence-electron chi connectivity index (χ0n) is 11.5. The Morgan fingerprint density at radius 2 is 2.18 bits per heavy atom. The van der Waals surface area contributed by atoms with Crippen LogP contribution in [0.15, 0.2) is 11.6 Å². The Labute approximate surface area is 105 Å². The Kier molecular flexibility index (Phi) is 6.31. The first-order valence-electron chi connectivity index (χ1n) is 7.05. The molecule has 17 heavy (non-hydrogen) atoms. The summed E-state index contributed by atoms with van der Waals surface area (Å²) in [5.41, 5.74) is 0.902. The van der Waals surface area contributed by atoms with Crippen molar-refractivity contribution >= 4 is 5.97 Å². The Balaban J connectivity index is 2.27. The van der Waals surface area contributed by atoms with Crippen molar-refractivity contribution in [3.63, 3.8) is 0 Å². The van der Waals surface area contributed by atoms with Crippen LogP contribution in [0.25, 0.3) is 0 Å². The summed E-state index contributed by atoms with van der Waals surface area (Å²) in [6, 6.07) is 0. The van der Waals surface area contributed by atoms with Crippen LogP contribution in [-0.2, 0) is 9.53 Å². The summed E-state index contributed by atoms with van der Waals surface area (Å²) in [6.07, 6.45) is 10.7. The maximum atomic E-state index is 11.7. The van der Waals surface area contributed by atoms with Gasteiger partial charge in [-0.1, -0.05) is 38.7 Å². The molecule has 2 nitrogen and oxygen atoms in total. The first-order chi connectivity index (χ1) is 8.13. The van der Waals surface area contributed by atoms with Crippen molar-refractivity contribution in [1.82, 2.24) is 0 Å². The van der Waals surface area contributed by atoms with Crippen LogP contribution in [0.3, 0.4) is 0 Å². The van der Waals surface area contributed by atoms with Crippen molar-refractivity contribution < 1.29 is 9.53 Å². The van der Waals surface area contributed by atoms with E-state index in [-0.39, 0.29) is 12.1 Å². The second-order valence-electron chi connectivity index (χ2n) is 5.29. The van der Waals surface area contributed by atoms with Gasteiger partial charge in [-0.05, 0) is 39.0 Å². The molecule has 0 N–H and O–H groups in total. The smallest absolute Gasteiger partial charge is 0.333 e. The van der Waals surface area contributed by atoms with Gasteiger partial charge in [-0.3, -0.25) is 0 Å². The molecule has 0 aromatic carbocycles. The van der Waals surface area contributed by atoms with E-state index in [1.54, 1.807) is 0 Å². The predicted octanol–water partition coefficient (Wildman–Crippen LogP) is 4.24. The molecule has 0 spiro atoms. The zero-order valence-corrected chi connectivity index (χ0v) is 11.5. The fourth-order valence-electron chi connectivity index (χ4n) is 2.31. The standard InChI is InChI=1S/C15H26O2/c1-4-5-6-7-8-13-9-10-14(11-13)15(16)17-12(2)3/h11-13H,4-10H2,1-3H3. The number of hydrogen-bond acceptors (Lipinski definition) is 2. The fourth-order valence-corrected chi connectivity index (χ4v) is 2.31. The summed E-state index contributed by atoms with van der Waals surface area (Å²) in [5, 5.41) is 0. The number of esters is 1. The summed E-state index contributed by atoms with van der Waals surface area (Å²) >= 11 is 0. The number of ether oxygens (including phenoxy) is 1. The number of carbonyl (C=O) groups excluding carboxylic acids is 1. The molecule has 0 heterocycles. The van der Waals surface area contributed by atoms with E-state index in [0.717, 1.165) is 18.4 Å². The quantitative estimate of drug-likeness (QED) is 0.489. The minimum Gasteiger partial charge on any atom is -0.460 e. The molecular weight excluding hydrogens is 212 g/mol. The zero-order chi connectivity index (χ0) is 12.7. The second-order valence-corrected chi connectivity index (χ2v) is 5.29. The van der Waals surface area contributed by atoms with Crippen LogP contribution in [0.2, 0.25) is 0 Å². The van der Waals surface area contributed by atoms with Crippen molar-refractivity contribution in [3.05, 3.63) is 11.6 Å². The molecule has 0 aromatic heterocycles. The van der Waals surface area contributed by atoms with Crippen molar-refractivity contribution in [1.29, 1.82) is 0 Å².